The minimum Gasteiger partial charge on any atom is -0.319 e. The van der Waals surface area contributed by atoms with E-state index in [0.29, 0.717) is 0 Å². The lowest BCUT2D eigenvalue weighted by molar-refractivity contribution is 0.441. The van der Waals surface area contributed by atoms with Crippen LogP contribution in [0.3, 0.4) is 0 Å². The predicted molar refractivity (Wildman–Crippen MR) is 62.0 cm³/mol. The smallest absolute Gasteiger partial charge is 0.0524 e. The Labute approximate surface area is 91.7 Å². The highest BCUT2D eigenvalue weighted by atomic mass is 15.1. The Bertz CT molecular complexity index is 287. The molecular weight excluding hydrogens is 186 g/mol. The van der Waals surface area contributed by atoms with Crippen molar-refractivity contribution in [1.29, 1.82) is 0 Å². The number of rotatable bonds is 4. The van der Waals surface area contributed by atoms with Gasteiger partial charge in [-0.25, -0.2) is 0 Å². The average Bonchev–Trinajstić information content (AvgIpc) is 2.75. The molecule has 0 amide bonds. The quantitative estimate of drug-likeness (QED) is 0.794. The molecule has 0 unspecified atom stereocenters. The van der Waals surface area contributed by atoms with Crippen LogP contribution < -0.4 is 5.32 Å². The molecule has 1 aliphatic carbocycles. The van der Waals surface area contributed by atoms with Crippen LogP contribution in [0.2, 0.25) is 0 Å². The largest absolute Gasteiger partial charge is 0.319 e. The third-order valence-electron chi connectivity index (χ3n) is 3.42. The minimum absolute atomic E-state index is 0.768. The second kappa shape index (κ2) is 5.31. The Morgan fingerprint density at radius 2 is 2.20 bits per heavy atom. The van der Waals surface area contributed by atoms with Crippen molar-refractivity contribution >= 4 is 0 Å². The molecule has 1 aromatic rings. The zero-order valence-electron chi connectivity index (χ0n) is 9.55. The molecule has 15 heavy (non-hydrogen) atoms. The maximum absolute atomic E-state index is 4.20. The molecule has 0 radical (unpaired) electrons. The fraction of sp³-hybridized carbons (Fsp3) is 0.750. The summed E-state index contributed by atoms with van der Waals surface area (Å²) in [6, 6.07) is 0. The van der Waals surface area contributed by atoms with E-state index in [9.17, 15) is 0 Å². The van der Waals surface area contributed by atoms with Crippen LogP contribution in [0.1, 0.15) is 49.3 Å². The fourth-order valence-corrected chi connectivity index (χ4v) is 2.54. The summed E-state index contributed by atoms with van der Waals surface area (Å²) in [4.78, 5) is 0. The van der Waals surface area contributed by atoms with Crippen LogP contribution in [0.15, 0.2) is 6.20 Å². The van der Waals surface area contributed by atoms with Gasteiger partial charge in [0.15, 0.2) is 0 Å². The van der Waals surface area contributed by atoms with Crippen LogP contribution in [0.4, 0.5) is 0 Å². The van der Waals surface area contributed by atoms with Gasteiger partial charge in [-0.3, -0.25) is 5.10 Å². The van der Waals surface area contributed by atoms with E-state index in [1.807, 2.05) is 13.2 Å². The van der Waals surface area contributed by atoms with E-state index in [0.717, 1.165) is 18.9 Å². The van der Waals surface area contributed by atoms with E-state index in [2.05, 4.69) is 15.5 Å². The first kappa shape index (κ1) is 10.7. The summed E-state index contributed by atoms with van der Waals surface area (Å²) in [5, 5.41) is 10.5. The zero-order chi connectivity index (χ0) is 10.5. The van der Waals surface area contributed by atoms with Crippen molar-refractivity contribution in [3.05, 3.63) is 17.5 Å². The monoisotopic (exact) mass is 207 g/mol. The van der Waals surface area contributed by atoms with Crippen LogP contribution in [0.25, 0.3) is 0 Å². The molecule has 1 heterocycles. The van der Waals surface area contributed by atoms with E-state index in [1.54, 1.807) is 0 Å². The van der Waals surface area contributed by atoms with Crippen molar-refractivity contribution in [3.63, 3.8) is 0 Å². The van der Waals surface area contributed by atoms with Crippen molar-refractivity contribution in [3.8, 4) is 0 Å². The van der Waals surface area contributed by atoms with Gasteiger partial charge in [0.05, 0.1) is 6.20 Å². The van der Waals surface area contributed by atoms with Crippen LogP contribution >= 0.6 is 0 Å². The van der Waals surface area contributed by atoms with Gasteiger partial charge < -0.3 is 5.32 Å². The van der Waals surface area contributed by atoms with E-state index < -0.39 is 0 Å². The van der Waals surface area contributed by atoms with Gasteiger partial charge in [-0.05, 0) is 31.4 Å². The fourth-order valence-electron chi connectivity index (χ4n) is 2.54. The Balaban J connectivity index is 2.02. The van der Waals surface area contributed by atoms with Crippen molar-refractivity contribution in [2.24, 2.45) is 0 Å². The number of H-pyrrole nitrogens is 1. The van der Waals surface area contributed by atoms with Crippen LogP contribution in [-0.4, -0.2) is 23.8 Å². The first-order valence-corrected chi connectivity index (χ1v) is 6.08. The van der Waals surface area contributed by atoms with Gasteiger partial charge in [-0.1, -0.05) is 19.3 Å². The van der Waals surface area contributed by atoms with Crippen LogP contribution in [0, 0.1) is 0 Å². The first-order valence-electron chi connectivity index (χ1n) is 6.08. The molecule has 0 spiro atoms. The number of nitrogens with one attached hydrogen (secondary N) is 2. The third kappa shape index (κ3) is 2.59. The molecule has 3 heteroatoms. The van der Waals surface area contributed by atoms with Crippen molar-refractivity contribution in [1.82, 2.24) is 15.5 Å². The van der Waals surface area contributed by atoms with Gasteiger partial charge >= 0.3 is 0 Å². The molecule has 0 aromatic carbocycles. The van der Waals surface area contributed by atoms with Crippen molar-refractivity contribution in [2.75, 3.05) is 13.6 Å². The Kier molecular flexibility index (Phi) is 3.78. The molecule has 0 atom stereocenters. The molecule has 2 rings (SSSR count). The third-order valence-corrected chi connectivity index (χ3v) is 3.42. The van der Waals surface area contributed by atoms with Gasteiger partial charge in [-0.15, -0.1) is 0 Å². The summed E-state index contributed by atoms with van der Waals surface area (Å²) in [5.41, 5.74) is 2.82. The molecule has 0 bridgehead atoms. The molecule has 1 aliphatic rings. The zero-order valence-corrected chi connectivity index (χ0v) is 9.55. The lowest BCUT2D eigenvalue weighted by Crippen LogP contribution is -2.13. The Morgan fingerprint density at radius 1 is 1.40 bits per heavy atom. The molecule has 2 N–H and O–H groups in total. The number of aromatic nitrogens is 2. The molecule has 1 saturated carbocycles. The van der Waals surface area contributed by atoms with Crippen molar-refractivity contribution in [2.45, 2.75) is 44.4 Å². The van der Waals surface area contributed by atoms with E-state index >= 15 is 0 Å². The van der Waals surface area contributed by atoms with E-state index in [-0.39, 0.29) is 0 Å². The molecule has 1 aromatic heterocycles. The summed E-state index contributed by atoms with van der Waals surface area (Å²) in [6.07, 6.45) is 10.0. The first-order chi connectivity index (χ1) is 7.42. The number of aromatic amines is 1. The highest BCUT2D eigenvalue weighted by Crippen LogP contribution is 2.33. The number of likely N-dealkylation sites (N-methyl/N-ethyl adjacent to an activating group) is 1. The highest BCUT2D eigenvalue weighted by molar-refractivity contribution is 5.22. The number of hydrogen-bond donors (Lipinski definition) is 2. The summed E-state index contributed by atoms with van der Waals surface area (Å²) in [5.74, 6) is 0.768. The number of hydrogen-bond acceptors (Lipinski definition) is 2. The second-order valence-electron chi connectivity index (χ2n) is 4.49. The highest BCUT2D eigenvalue weighted by Gasteiger charge is 2.19. The molecule has 1 fully saturated rings. The minimum atomic E-state index is 0.768. The van der Waals surface area contributed by atoms with Crippen LogP contribution in [0.5, 0.6) is 0 Å². The van der Waals surface area contributed by atoms with Gasteiger partial charge in [0.1, 0.15) is 0 Å². The van der Waals surface area contributed by atoms with Crippen LogP contribution in [-0.2, 0) is 6.42 Å². The van der Waals surface area contributed by atoms with E-state index in [1.165, 1.54) is 43.4 Å². The predicted octanol–water partition coefficient (Wildman–Crippen LogP) is 2.22. The molecule has 84 valence electrons. The second-order valence-corrected chi connectivity index (χ2v) is 4.49. The number of nitrogens with zero attached hydrogens (tertiary/aromatic N) is 1. The SMILES string of the molecule is CNCCc1[nH]ncc1C1CCCCC1. The van der Waals surface area contributed by atoms with Gasteiger partial charge in [0.25, 0.3) is 0 Å². The normalized spacial score (nSPS) is 18.2. The van der Waals surface area contributed by atoms with Gasteiger partial charge in [0, 0.05) is 18.7 Å². The molecular formula is C12H21N3. The standard InChI is InChI=1S/C12H21N3/c1-13-8-7-12-11(9-14-15-12)10-5-3-2-4-6-10/h9-10,13H,2-8H2,1H3,(H,14,15). The lowest BCUT2D eigenvalue weighted by Gasteiger charge is -2.21. The summed E-state index contributed by atoms with van der Waals surface area (Å²) in [7, 11) is 2.00. The topological polar surface area (TPSA) is 40.7 Å². The van der Waals surface area contributed by atoms with Crippen molar-refractivity contribution < 1.29 is 0 Å². The summed E-state index contributed by atoms with van der Waals surface area (Å²) >= 11 is 0. The molecule has 0 saturated heterocycles. The molecule has 0 aliphatic heterocycles. The molecule has 3 nitrogen and oxygen atoms in total. The van der Waals surface area contributed by atoms with E-state index in [4.69, 9.17) is 0 Å². The van der Waals surface area contributed by atoms with Gasteiger partial charge in [-0.2, -0.15) is 5.10 Å². The maximum Gasteiger partial charge on any atom is 0.0524 e. The Hall–Kier alpha value is -0.830. The summed E-state index contributed by atoms with van der Waals surface area (Å²) < 4.78 is 0. The van der Waals surface area contributed by atoms with Gasteiger partial charge in [0.2, 0.25) is 0 Å². The average molecular weight is 207 g/mol. The summed E-state index contributed by atoms with van der Waals surface area (Å²) in [6.45, 7) is 1.03. The lowest BCUT2D eigenvalue weighted by atomic mass is 9.84. The maximum atomic E-state index is 4.20. The Morgan fingerprint density at radius 3 is 2.93 bits per heavy atom.